The number of H-pyrrole nitrogens is 1. The molecule has 0 saturated carbocycles. The van der Waals surface area contributed by atoms with Crippen molar-refractivity contribution in [1.82, 2.24) is 10.3 Å². The summed E-state index contributed by atoms with van der Waals surface area (Å²) in [6.45, 7) is 4.23. The third-order valence-corrected chi connectivity index (χ3v) is 4.44. The normalized spacial score (nSPS) is 12.1. The van der Waals surface area contributed by atoms with Gasteiger partial charge in [-0.3, -0.25) is 4.79 Å². The molecule has 0 fully saturated rings. The van der Waals surface area contributed by atoms with Crippen molar-refractivity contribution in [2.75, 3.05) is 6.54 Å². The molecule has 1 amide bonds. The second kappa shape index (κ2) is 7.62. The maximum atomic E-state index is 12.2. The van der Waals surface area contributed by atoms with Gasteiger partial charge >= 0.3 is 0 Å². The van der Waals surface area contributed by atoms with Crippen LogP contribution in [0.5, 0.6) is 5.75 Å². The van der Waals surface area contributed by atoms with Crippen LogP contribution in [0.2, 0.25) is 5.02 Å². The summed E-state index contributed by atoms with van der Waals surface area (Å²) in [7, 11) is 0. The van der Waals surface area contributed by atoms with Gasteiger partial charge in [0.15, 0.2) is 6.10 Å². The van der Waals surface area contributed by atoms with Crippen molar-refractivity contribution in [2.24, 2.45) is 0 Å². The van der Waals surface area contributed by atoms with Gasteiger partial charge in [0.05, 0.1) is 5.02 Å². The van der Waals surface area contributed by atoms with Crippen LogP contribution in [-0.2, 0) is 11.2 Å². The summed E-state index contributed by atoms with van der Waals surface area (Å²) >= 11 is 6.11. The van der Waals surface area contributed by atoms with E-state index in [1.807, 2.05) is 43.5 Å². The summed E-state index contributed by atoms with van der Waals surface area (Å²) in [5.41, 5.74) is 3.33. The summed E-state index contributed by atoms with van der Waals surface area (Å²) in [5.74, 6) is 0.373. The van der Waals surface area contributed by atoms with Crippen LogP contribution in [-0.4, -0.2) is 23.5 Å². The lowest BCUT2D eigenvalue weighted by molar-refractivity contribution is -0.127. The Morgan fingerprint density at radius 1 is 1.28 bits per heavy atom. The zero-order chi connectivity index (χ0) is 17.8. The number of ether oxygens (including phenoxy) is 1. The van der Waals surface area contributed by atoms with Gasteiger partial charge in [0.2, 0.25) is 0 Å². The fourth-order valence-electron chi connectivity index (χ4n) is 2.75. The van der Waals surface area contributed by atoms with Gasteiger partial charge < -0.3 is 15.0 Å². The highest BCUT2D eigenvalue weighted by molar-refractivity contribution is 6.32. The summed E-state index contributed by atoms with van der Waals surface area (Å²) in [4.78, 5) is 15.5. The molecule has 3 aromatic rings. The van der Waals surface area contributed by atoms with E-state index < -0.39 is 6.10 Å². The molecule has 5 heteroatoms. The van der Waals surface area contributed by atoms with Crippen molar-refractivity contribution >= 4 is 28.4 Å². The number of nitrogens with one attached hydrogen (secondary N) is 2. The minimum absolute atomic E-state index is 0.155. The molecule has 0 spiro atoms. The predicted molar refractivity (Wildman–Crippen MR) is 101 cm³/mol. The lowest BCUT2D eigenvalue weighted by atomic mass is 10.1. The number of benzene rings is 2. The number of aromatic amines is 1. The largest absolute Gasteiger partial charge is 0.479 e. The lowest BCUT2D eigenvalue weighted by Gasteiger charge is -2.16. The average molecular weight is 357 g/mol. The number of hydrogen-bond donors (Lipinski definition) is 2. The molecule has 0 aliphatic heterocycles. The molecule has 3 rings (SSSR count). The molecule has 0 radical (unpaired) electrons. The van der Waals surface area contributed by atoms with Gasteiger partial charge in [-0.25, -0.2) is 0 Å². The number of halogens is 1. The number of fused-ring (bicyclic) bond motifs is 1. The van der Waals surface area contributed by atoms with Gasteiger partial charge in [-0.1, -0.05) is 35.9 Å². The summed E-state index contributed by atoms with van der Waals surface area (Å²) < 4.78 is 5.70. The fraction of sp³-hybridized carbons (Fsp3) is 0.250. The maximum absolute atomic E-state index is 12.2. The van der Waals surface area contributed by atoms with Crippen LogP contribution in [0.15, 0.2) is 48.7 Å². The Bertz CT molecular complexity index is 888. The first-order valence-electron chi connectivity index (χ1n) is 8.30. The smallest absolute Gasteiger partial charge is 0.260 e. The number of aromatic nitrogens is 1. The highest BCUT2D eigenvalue weighted by Crippen LogP contribution is 2.26. The third kappa shape index (κ3) is 4.15. The molecule has 1 atom stereocenters. The van der Waals surface area contributed by atoms with Crippen molar-refractivity contribution in [2.45, 2.75) is 26.4 Å². The number of amides is 1. The maximum Gasteiger partial charge on any atom is 0.260 e. The zero-order valence-electron chi connectivity index (χ0n) is 14.3. The molecule has 130 valence electrons. The highest BCUT2D eigenvalue weighted by Gasteiger charge is 2.16. The summed E-state index contributed by atoms with van der Waals surface area (Å²) in [6.07, 6.45) is 2.14. The Hall–Kier alpha value is -2.46. The molecule has 0 saturated heterocycles. The molecule has 1 heterocycles. The Labute approximate surface area is 152 Å². The van der Waals surface area contributed by atoms with E-state index in [4.69, 9.17) is 16.3 Å². The number of carbonyl (C=O) groups excluding carboxylic acids is 1. The Kier molecular flexibility index (Phi) is 5.29. The lowest BCUT2D eigenvalue weighted by Crippen LogP contribution is -2.37. The molecule has 1 aromatic heterocycles. The molecule has 1 unspecified atom stereocenters. The van der Waals surface area contributed by atoms with Gasteiger partial charge in [0.25, 0.3) is 5.91 Å². The summed E-state index contributed by atoms with van der Waals surface area (Å²) in [6, 6.07) is 13.6. The van der Waals surface area contributed by atoms with Crippen molar-refractivity contribution in [3.63, 3.8) is 0 Å². The molecule has 4 nitrogen and oxygen atoms in total. The first kappa shape index (κ1) is 17.4. The molecule has 25 heavy (non-hydrogen) atoms. The van der Waals surface area contributed by atoms with E-state index in [1.54, 1.807) is 13.0 Å². The van der Waals surface area contributed by atoms with E-state index in [0.29, 0.717) is 17.3 Å². The van der Waals surface area contributed by atoms with E-state index in [-0.39, 0.29) is 5.91 Å². The zero-order valence-corrected chi connectivity index (χ0v) is 15.1. The van der Waals surface area contributed by atoms with Crippen LogP contribution in [0.4, 0.5) is 0 Å². The molecule has 0 aliphatic carbocycles. The van der Waals surface area contributed by atoms with Crippen molar-refractivity contribution in [1.29, 1.82) is 0 Å². The minimum Gasteiger partial charge on any atom is -0.479 e. The van der Waals surface area contributed by atoms with E-state index in [2.05, 4.69) is 16.4 Å². The van der Waals surface area contributed by atoms with Crippen molar-refractivity contribution in [3.05, 3.63) is 64.8 Å². The van der Waals surface area contributed by atoms with Crippen LogP contribution in [0, 0.1) is 6.92 Å². The minimum atomic E-state index is -0.609. The second-order valence-corrected chi connectivity index (χ2v) is 6.50. The standard InChI is InChI=1S/C20H21ClN2O2/c1-13-7-8-17(21)19(11-13)25-14(2)20(24)22-10-9-15-12-23-18-6-4-3-5-16(15)18/h3-8,11-12,14,23H,9-10H2,1-2H3,(H,22,24). The first-order chi connectivity index (χ1) is 12.0. The third-order valence-electron chi connectivity index (χ3n) is 4.13. The number of aryl methyl sites for hydroxylation is 1. The van der Waals surface area contributed by atoms with Crippen LogP contribution in [0.25, 0.3) is 10.9 Å². The highest BCUT2D eigenvalue weighted by atomic mass is 35.5. The van der Waals surface area contributed by atoms with Gasteiger partial charge in [-0.15, -0.1) is 0 Å². The van der Waals surface area contributed by atoms with Crippen LogP contribution >= 0.6 is 11.6 Å². The van der Waals surface area contributed by atoms with Crippen molar-refractivity contribution < 1.29 is 9.53 Å². The van der Waals surface area contributed by atoms with Gasteiger partial charge in [-0.2, -0.15) is 0 Å². The molecular formula is C20H21ClN2O2. The van der Waals surface area contributed by atoms with Gasteiger partial charge in [0.1, 0.15) is 5.75 Å². The van der Waals surface area contributed by atoms with Gasteiger partial charge in [-0.05, 0) is 49.6 Å². The SMILES string of the molecule is Cc1ccc(Cl)c(OC(C)C(=O)NCCc2c[nH]c3ccccc23)c1. The van der Waals surface area contributed by atoms with Crippen molar-refractivity contribution in [3.8, 4) is 5.75 Å². The van der Waals surface area contributed by atoms with Crippen LogP contribution in [0.3, 0.4) is 0 Å². The van der Waals surface area contributed by atoms with Gasteiger partial charge in [0, 0.05) is 23.6 Å². The monoisotopic (exact) mass is 356 g/mol. The van der Waals surface area contributed by atoms with Crippen LogP contribution in [0.1, 0.15) is 18.1 Å². The molecular weight excluding hydrogens is 336 g/mol. The van der Waals surface area contributed by atoms with E-state index in [0.717, 1.165) is 17.5 Å². The number of rotatable bonds is 6. The molecule has 0 aliphatic rings. The fourth-order valence-corrected chi connectivity index (χ4v) is 2.91. The second-order valence-electron chi connectivity index (χ2n) is 6.09. The Balaban J connectivity index is 1.54. The quantitative estimate of drug-likeness (QED) is 0.693. The summed E-state index contributed by atoms with van der Waals surface area (Å²) in [5, 5.41) is 4.61. The first-order valence-corrected chi connectivity index (χ1v) is 8.68. The van der Waals surface area contributed by atoms with Crippen LogP contribution < -0.4 is 10.1 Å². The molecule has 0 bridgehead atoms. The Morgan fingerprint density at radius 2 is 2.08 bits per heavy atom. The molecule has 2 aromatic carbocycles. The average Bonchev–Trinajstić information content (AvgIpc) is 3.01. The predicted octanol–water partition coefficient (Wildman–Crippen LogP) is 4.26. The van der Waals surface area contributed by atoms with E-state index in [1.165, 1.54) is 10.9 Å². The number of hydrogen-bond acceptors (Lipinski definition) is 2. The Morgan fingerprint density at radius 3 is 2.92 bits per heavy atom. The number of para-hydroxylation sites is 1. The molecule has 2 N–H and O–H groups in total. The van der Waals surface area contributed by atoms with E-state index in [9.17, 15) is 4.79 Å². The number of carbonyl (C=O) groups is 1. The topological polar surface area (TPSA) is 54.1 Å². The van der Waals surface area contributed by atoms with E-state index >= 15 is 0 Å².